The van der Waals surface area contributed by atoms with Gasteiger partial charge in [0.15, 0.2) is 6.21 Å². The monoisotopic (exact) mass is 71.0 g/mol. The van der Waals surface area contributed by atoms with Crippen LogP contribution in [0.4, 0.5) is 0 Å². The maximum absolute atomic E-state index is 9.15. The van der Waals surface area contributed by atoms with Crippen LogP contribution in [0.5, 0.6) is 0 Å². The summed E-state index contributed by atoms with van der Waals surface area (Å²) in [6.07, 6.45) is 2.59. The van der Waals surface area contributed by atoms with Crippen LogP contribution >= 0.6 is 0 Å². The van der Waals surface area contributed by atoms with Gasteiger partial charge in [0.1, 0.15) is 0 Å². The van der Waals surface area contributed by atoms with Crippen LogP contribution in [0.25, 0.3) is 0 Å². The van der Waals surface area contributed by atoms with Crippen molar-refractivity contribution < 1.29 is 5.16 Å². The fourth-order valence-corrected chi connectivity index (χ4v) is 0.0481. The highest BCUT2D eigenvalue weighted by Gasteiger charge is 1.46. The fraction of sp³-hybridized carbons (Fsp3) is 0. The summed E-state index contributed by atoms with van der Waals surface area (Å²) in [4.78, 5) is 0. The maximum atomic E-state index is 9.15. The van der Waals surface area contributed by atoms with E-state index < -0.39 is 0 Å². The molecule has 1 N–H and O–H groups in total. The summed E-state index contributed by atoms with van der Waals surface area (Å²) in [6.45, 7) is 3.23. The van der Waals surface area contributed by atoms with Crippen LogP contribution in [-0.2, 0) is 0 Å². The van der Waals surface area contributed by atoms with Gasteiger partial charge in [0.2, 0.25) is 0 Å². The first-order valence-electron chi connectivity index (χ1n) is 1.23. The molecule has 2 nitrogen and oxygen atoms in total. The topological polar surface area (TPSA) is 37.0 Å². The van der Waals surface area contributed by atoms with Gasteiger partial charge in [-0.25, -0.2) is 5.16 Å². The van der Waals surface area contributed by atoms with Crippen LogP contribution in [-0.4, -0.2) is 6.21 Å². The molecule has 0 aromatic heterocycles. The molecule has 0 aliphatic rings. The molecule has 0 amide bonds. The van der Waals surface area contributed by atoms with Crippen molar-refractivity contribution in [1.29, 1.82) is 0 Å². The van der Waals surface area contributed by atoms with Crippen molar-refractivity contribution in [1.82, 2.24) is 0 Å². The first-order valence-corrected chi connectivity index (χ1v) is 1.23. The van der Waals surface area contributed by atoms with Crippen molar-refractivity contribution >= 4 is 6.21 Å². The van der Waals surface area contributed by atoms with Gasteiger partial charge in [-0.1, -0.05) is 6.58 Å². The summed E-state index contributed by atoms with van der Waals surface area (Å²) in [5.41, 5.74) is 0. The molecular formula is C3H5NO. The minimum atomic E-state index is 1.21. The average molecular weight is 71.1 g/mol. The molecule has 0 aliphatic carbocycles. The molecule has 0 atom stereocenters. The first-order chi connectivity index (χ1) is 2.41. The van der Waals surface area contributed by atoms with Crippen molar-refractivity contribution in [3.63, 3.8) is 0 Å². The Morgan fingerprint density at radius 1 is 1.80 bits per heavy atom. The van der Waals surface area contributed by atoms with E-state index in [0.29, 0.717) is 0 Å². The van der Waals surface area contributed by atoms with Gasteiger partial charge in [-0.2, -0.15) is 0 Å². The Morgan fingerprint density at radius 3 is 2.40 bits per heavy atom. The molecule has 0 aromatic rings. The van der Waals surface area contributed by atoms with Crippen LogP contribution in [0.1, 0.15) is 0 Å². The summed E-state index contributed by atoms with van der Waals surface area (Å²) in [5.74, 6) is 0. The molecule has 0 radical (unpaired) electrons. The Balaban J connectivity index is 2.92. The Kier molecular flexibility index (Phi) is 2.70. The van der Waals surface area contributed by atoms with Crippen LogP contribution in [0.2, 0.25) is 0 Å². The van der Waals surface area contributed by atoms with Crippen LogP contribution in [0.15, 0.2) is 12.7 Å². The molecule has 0 rings (SSSR count). The number of allylic oxidation sites excluding steroid dienone is 1. The predicted molar refractivity (Wildman–Crippen MR) is 20.6 cm³/mol. The van der Waals surface area contributed by atoms with Gasteiger partial charge >= 0.3 is 0 Å². The second kappa shape index (κ2) is 3.21. The van der Waals surface area contributed by atoms with Crippen LogP contribution in [0, 0.1) is 5.21 Å². The first kappa shape index (κ1) is 4.21. The summed E-state index contributed by atoms with van der Waals surface area (Å²) in [7, 11) is 0. The molecule has 28 valence electrons. The number of hydrogen-bond donors (Lipinski definition) is 1. The highest BCUT2D eigenvalue weighted by molar-refractivity contribution is 5.63. The van der Waals surface area contributed by atoms with Crippen molar-refractivity contribution in [3.05, 3.63) is 17.9 Å². The lowest BCUT2D eigenvalue weighted by Crippen LogP contribution is -2.59. The summed E-state index contributed by atoms with van der Waals surface area (Å²) in [5, 5.41) is 10.7. The van der Waals surface area contributed by atoms with E-state index in [1.807, 2.05) is 0 Å². The molecule has 0 bridgehead atoms. The average Bonchev–Trinajstić information content (AvgIpc) is 1.41. The lowest BCUT2D eigenvalue weighted by molar-refractivity contribution is -0.366. The molecule has 0 saturated heterocycles. The van der Waals surface area contributed by atoms with Crippen molar-refractivity contribution in [2.24, 2.45) is 0 Å². The number of rotatable bonds is 1. The minimum absolute atomic E-state index is 1.21. The van der Waals surface area contributed by atoms with E-state index in [-0.39, 0.29) is 0 Å². The molecule has 0 unspecified atom stereocenters. The largest absolute Gasteiger partial charge is 0.625 e. The number of nitrogens with one attached hydrogen (secondary N) is 1. The van der Waals surface area contributed by atoms with Gasteiger partial charge in [0.25, 0.3) is 0 Å². The molecule has 0 heterocycles. The Labute approximate surface area is 30.4 Å². The van der Waals surface area contributed by atoms with E-state index in [1.54, 1.807) is 0 Å². The molecule has 0 saturated carbocycles. The Morgan fingerprint density at radius 2 is 2.40 bits per heavy atom. The third-order valence-corrected chi connectivity index (χ3v) is 0.186. The zero-order valence-corrected chi connectivity index (χ0v) is 2.77. The van der Waals surface area contributed by atoms with Crippen molar-refractivity contribution in [3.8, 4) is 0 Å². The standard InChI is InChI=1S/C3H5NO/c1-2-3-4-5/h2-4H,1H2. The van der Waals surface area contributed by atoms with E-state index in [0.717, 1.165) is 0 Å². The predicted octanol–water partition coefficient (Wildman–Crippen LogP) is -1.18. The highest BCUT2D eigenvalue weighted by atomic mass is 16.4. The third kappa shape index (κ3) is 3.21. The lowest BCUT2D eigenvalue weighted by atomic mass is 10.7. The van der Waals surface area contributed by atoms with Gasteiger partial charge in [0.05, 0.1) is 0 Å². The normalized spacial score (nSPS) is 8.80. The van der Waals surface area contributed by atoms with E-state index >= 15 is 0 Å². The SMILES string of the molecule is C=CC=[NH+][O-]. The lowest BCUT2D eigenvalue weighted by Gasteiger charge is -1.66. The van der Waals surface area contributed by atoms with E-state index in [9.17, 15) is 0 Å². The van der Waals surface area contributed by atoms with Crippen molar-refractivity contribution in [2.75, 3.05) is 0 Å². The van der Waals surface area contributed by atoms with E-state index in [4.69, 9.17) is 5.21 Å². The van der Waals surface area contributed by atoms with Crippen LogP contribution in [0.3, 0.4) is 0 Å². The van der Waals surface area contributed by atoms with Gasteiger partial charge in [-0.3, -0.25) is 0 Å². The fourth-order valence-electron chi connectivity index (χ4n) is 0.0481. The molecule has 0 fully saturated rings. The van der Waals surface area contributed by atoms with Crippen molar-refractivity contribution in [2.45, 2.75) is 0 Å². The van der Waals surface area contributed by atoms with Gasteiger partial charge in [-0.05, 0) is 6.08 Å². The highest BCUT2D eigenvalue weighted by Crippen LogP contribution is 1.31. The quantitative estimate of drug-likeness (QED) is 0.236. The molecule has 0 aromatic carbocycles. The van der Waals surface area contributed by atoms with Gasteiger partial charge < -0.3 is 5.21 Å². The second-order valence-electron chi connectivity index (χ2n) is 0.520. The Bertz CT molecular complexity index is 48.9. The molecule has 5 heavy (non-hydrogen) atoms. The van der Waals surface area contributed by atoms with Crippen LogP contribution < -0.4 is 5.16 Å². The molecule has 0 spiro atoms. The summed E-state index contributed by atoms with van der Waals surface area (Å²) < 4.78 is 0. The molecule has 2 heteroatoms. The maximum Gasteiger partial charge on any atom is 0.171 e. The minimum Gasteiger partial charge on any atom is -0.625 e. The molecular weight excluding hydrogens is 66.0 g/mol. The Hall–Kier alpha value is -0.790. The third-order valence-electron chi connectivity index (χ3n) is 0.186. The zero-order valence-electron chi connectivity index (χ0n) is 2.77. The summed E-state index contributed by atoms with van der Waals surface area (Å²) >= 11 is 0. The van der Waals surface area contributed by atoms with E-state index in [1.165, 1.54) is 17.4 Å². The molecule has 0 aliphatic heterocycles. The summed E-state index contributed by atoms with van der Waals surface area (Å²) in [6, 6.07) is 0. The van der Waals surface area contributed by atoms with Gasteiger partial charge in [0, 0.05) is 0 Å². The second-order valence-corrected chi connectivity index (χ2v) is 0.520. The zero-order chi connectivity index (χ0) is 4.12. The van der Waals surface area contributed by atoms with E-state index in [2.05, 4.69) is 6.58 Å². The smallest absolute Gasteiger partial charge is 0.171 e. The van der Waals surface area contributed by atoms with Gasteiger partial charge in [-0.15, -0.1) is 0 Å². The number of hydrogen-bond acceptors (Lipinski definition) is 1.